The minimum atomic E-state index is -3.41. The van der Waals surface area contributed by atoms with E-state index in [-0.39, 0.29) is 16.4 Å². The molecule has 0 radical (unpaired) electrons. The topological polar surface area (TPSA) is 92.3 Å². The van der Waals surface area contributed by atoms with Gasteiger partial charge >= 0.3 is 0 Å². The van der Waals surface area contributed by atoms with Gasteiger partial charge in [-0.1, -0.05) is 32.0 Å². The first-order valence-corrected chi connectivity index (χ1v) is 10.1. The summed E-state index contributed by atoms with van der Waals surface area (Å²) in [6, 6.07) is 12.4. The Labute approximate surface area is 153 Å². The van der Waals surface area contributed by atoms with Crippen LogP contribution < -0.4 is 10.6 Å². The Morgan fingerprint density at radius 1 is 1.00 bits per heavy atom. The number of anilines is 1. The number of amides is 2. The van der Waals surface area contributed by atoms with E-state index in [1.54, 1.807) is 24.3 Å². The fourth-order valence-corrected chi connectivity index (χ4v) is 2.91. The second-order valence-electron chi connectivity index (χ2n) is 6.40. The van der Waals surface area contributed by atoms with Crippen LogP contribution in [0.4, 0.5) is 5.69 Å². The molecule has 0 fully saturated rings. The van der Waals surface area contributed by atoms with Crippen molar-refractivity contribution < 1.29 is 18.0 Å². The van der Waals surface area contributed by atoms with Crippen LogP contribution in [0.3, 0.4) is 0 Å². The molecule has 2 aromatic carbocycles. The number of para-hydroxylation sites is 1. The minimum Gasteiger partial charge on any atom is -0.352 e. The SMILES string of the molecule is CC(C)CNC(=O)c1ccccc1NC(=O)c1cccc(S(C)(=O)=O)c1. The Morgan fingerprint density at radius 2 is 1.69 bits per heavy atom. The third kappa shape index (κ3) is 5.16. The van der Waals surface area contributed by atoms with Crippen LogP contribution >= 0.6 is 0 Å². The highest BCUT2D eigenvalue weighted by Gasteiger charge is 2.16. The molecule has 0 spiro atoms. The van der Waals surface area contributed by atoms with Gasteiger partial charge in [0.25, 0.3) is 11.8 Å². The van der Waals surface area contributed by atoms with Gasteiger partial charge in [0, 0.05) is 18.4 Å². The normalized spacial score (nSPS) is 11.2. The Morgan fingerprint density at radius 3 is 2.35 bits per heavy atom. The molecule has 2 aromatic rings. The number of nitrogens with one attached hydrogen (secondary N) is 2. The fourth-order valence-electron chi connectivity index (χ4n) is 2.24. The maximum absolute atomic E-state index is 12.5. The average Bonchev–Trinajstić information content (AvgIpc) is 2.59. The van der Waals surface area contributed by atoms with Gasteiger partial charge in [-0.25, -0.2) is 8.42 Å². The van der Waals surface area contributed by atoms with E-state index in [2.05, 4.69) is 10.6 Å². The molecular formula is C19H22N2O4S. The van der Waals surface area contributed by atoms with Crippen molar-refractivity contribution in [3.8, 4) is 0 Å². The molecule has 0 aromatic heterocycles. The highest BCUT2D eigenvalue weighted by molar-refractivity contribution is 7.90. The van der Waals surface area contributed by atoms with E-state index in [1.165, 1.54) is 24.3 Å². The third-order valence-corrected chi connectivity index (χ3v) is 4.73. The molecule has 2 amide bonds. The molecule has 6 nitrogen and oxygen atoms in total. The lowest BCUT2D eigenvalue weighted by molar-refractivity contribution is 0.0950. The summed E-state index contributed by atoms with van der Waals surface area (Å²) in [7, 11) is -3.41. The molecular weight excluding hydrogens is 352 g/mol. The van der Waals surface area contributed by atoms with E-state index >= 15 is 0 Å². The van der Waals surface area contributed by atoms with Gasteiger partial charge in [0.2, 0.25) is 0 Å². The van der Waals surface area contributed by atoms with Crippen LogP contribution in [0.25, 0.3) is 0 Å². The molecule has 138 valence electrons. The number of benzene rings is 2. The zero-order valence-corrected chi connectivity index (χ0v) is 15.8. The predicted molar refractivity (Wildman–Crippen MR) is 101 cm³/mol. The highest BCUT2D eigenvalue weighted by atomic mass is 32.2. The number of hydrogen-bond acceptors (Lipinski definition) is 4. The first-order chi connectivity index (χ1) is 12.2. The van der Waals surface area contributed by atoms with E-state index in [0.717, 1.165) is 6.26 Å². The number of sulfone groups is 1. The van der Waals surface area contributed by atoms with E-state index in [4.69, 9.17) is 0 Å². The van der Waals surface area contributed by atoms with Crippen molar-refractivity contribution in [2.24, 2.45) is 5.92 Å². The lowest BCUT2D eigenvalue weighted by atomic mass is 10.1. The Balaban J connectivity index is 2.24. The van der Waals surface area contributed by atoms with Crippen molar-refractivity contribution in [3.05, 3.63) is 59.7 Å². The summed E-state index contributed by atoms with van der Waals surface area (Å²) >= 11 is 0. The van der Waals surface area contributed by atoms with Crippen molar-refractivity contribution in [2.45, 2.75) is 18.7 Å². The summed E-state index contributed by atoms with van der Waals surface area (Å²) in [4.78, 5) is 24.9. The van der Waals surface area contributed by atoms with Crippen molar-refractivity contribution >= 4 is 27.3 Å². The Hall–Kier alpha value is -2.67. The molecule has 0 unspecified atom stereocenters. The molecule has 26 heavy (non-hydrogen) atoms. The van der Waals surface area contributed by atoms with Crippen molar-refractivity contribution in [2.75, 3.05) is 18.1 Å². The van der Waals surface area contributed by atoms with E-state index in [9.17, 15) is 18.0 Å². The standard InChI is InChI=1S/C19H22N2O4S/c1-13(2)12-20-19(23)16-9-4-5-10-17(16)21-18(22)14-7-6-8-15(11-14)26(3,24)25/h4-11,13H,12H2,1-3H3,(H,20,23)(H,21,22). The minimum absolute atomic E-state index is 0.0631. The lowest BCUT2D eigenvalue weighted by Crippen LogP contribution is -2.28. The molecule has 0 aliphatic carbocycles. The molecule has 7 heteroatoms. The number of carbonyl (C=O) groups excluding carboxylic acids is 2. The van der Waals surface area contributed by atoms with Crippen molar-refractivity contribution in [1.82, 2.24) is 5.32 Å². The summed E-state index contributed by atoms with van der Waals surface area (Å²) in [6.07, 6.45) is 1.08. The summed E-state index contributed by atoms with van der Waals surface area (Å²) in [5.41, 5.74) is 0.912. The molecule has 0 saturated heterocycles. The van der Waals surface area contributed by atoms with Gasteiger partial charge in [-0.3, -0.25) is 9.59 Å². The van der Waals surface area contributed by atoms with Crippen LogP contribution in [0, 0.1) is 5.92 Å². The molecule has 2 N–H and O–H groups in total. The molecule has 0 aliphatic rings. The molecule has 2 rings (SSSR count). The number of carbonyl (C=O) groups is 2. The molecule has 0 bridgehead atoms. The summed E-state index contributed by atoms with van der Waals surface area (Å²) < 4.78 is 23.3. The van der Waals surface area contributed by atoms with E-state index in [0.29, 0.717) is 23.7 Å². The molecule has 0 atom stereocenters. The van der Waals surface area contributed by atoms with Crippen LogP contribution in [0.2, 0.25) is 0 Å². The van der Waals surface area contributed by atoms with Gasteiger partial charge in [0.05, 0.1) is 16.1 Å². The van der Waals surface area contributed by atoms with Crippen LogP contribution in [0.5, 0.6) is 0 Å². The monoisotopic (exact) mass is 374 g/mol. The molecule has 0 aliphatic heterocycles. The largest absolute Gasteiger partial charge is 0.352 e. The Kier molecular flexibility index (Phi) is 6.15. The maximum atomic E-state index is 12.5. The van der Waals surface area contributed by atoms with Gasteiger partial charge < -0.3 is 10.6 Å². The summed E-state index contributed by atoms with van der Waals surface area (Å²) in [5.74, 6) is -0.460. The summed E-state index contributed by atoms with van der Waals surface area (Å²) in [6.45, 7) is 4.50. The van der Waals surface area contributed by atoms with Crippen LogP contribution in [0.1, 0.15) is 34.6 Å². The summed E-state index contributed by atoms with van der Waals surface area (Å²) in [5, 5.41) is 5.49. The van der Waals surface area contributed by atoms with Crippen molar-refractivity contribution in [1.29, 1.82) is 0 Å². The van der Waals surface area contributed by atoms with Gasteiger partial charge in [-0.05, 0) is 36.2 Å². The first kappa shape index (κ1) is 19.7. The van der Waals surface area contributed by atoms with Crippen LogP contribution in [0.15, 0.2) is 53.4 Å². The van der Waals surface area contributed by atoms with Gasteiger partial charge in [-0.15, -0.1) is 0 Å². The van der Waals surface area contributed by atoms with Crippen LogP contribution in [-0.2, 0) is 9.84 Å². The molecule has 0 saturated carbocycles. The fraction of sp³-hybridized carbons (Fsp3) is 0.263. The van der Waals surface area contributed by atoms with E-state index in [1.807, 2.05) is 13.8 Å². The van der Waals surface area contributed by atoms with Crippen LogP contribution in [-0.4, -0.2) is 33.0 Å². The zero-order chi connectivity index (χ0) is 19.3. The quantitative estimate of drug-likeness (QED) is 0.813. The zero-order valence-electron chi connectivity index (χ0n) is 14.9. The third-order valence-electron chi connectivity index (χ3n) is 3.62. The average molecular weight is 374 g/mol. The van der Waals surface area contributed by atoms with Crippen molar-refractivity contribution in [3.63, 3.8) is 0 Å². The van der Waals surface area contributed by atoms with Gasteiger partial charge in [0.15, 0.2) is 9.84 Å². The smallest absolute Gasteiger partial charge is 0.255 e. The second kappa shape index (κ2) is 8.14. The number of hydrogen-bond donors (Lipinski definition) is 2. The maximum Gasteiger partial charge on any atom is 0.255 e. The molecule has 0 heterocycles. The Bertz CT molecular complexity index is 921. The first-order valence-electron chi connectivity index (χ1n) is 8.17. The van der Waals surface area contributed by atoms with Gasteiger partial charge in [-0.2, -0.15) is 0 Å². The lowest BCUT2D eigenvalue weighted by Gasteiger charge is -2.13. The van der Waals surface area contributed by atoms with Gasteiger partial charge in [0.1, 0.15) is 0 Å². The predicted octanol–water partition coefficient (Wildman–Crippen LogP) is 2.73. The second-order valence-corrected chi connectivity index (χ2v) is 8.42. The highest BCUT2D eigenvalue weighted by Crippen LogP contribution is 2.18. The van der Waals surface area contributed by atoms with E-state index < -0.39 is 15.7 Å². The number of rotatable bonds is 6.